The first-order valence-corrected chi connectivity index (χ1v) is 15.3. The van der Waals surface area contributed by atoms with E-state index in [1.807, 2.05) is 12.2 Å². The maximum absolute atomic E-state index is 11.1. The van der Waals surface area contributed by atoms with Crippen LogP contribution >= 0.6 is 0 Å². The molecule has 3 saturated heterocycles. The highest BCUT2D eigenvalue weighted by Crippen LogP contribution is 2.40. The summed E-state index contributed by atoms with van der Waals surface area (Å²) in [6.45, 7) is 6.79. The molecule has 0 bridgehead atoms. The van der Waals surface area contributed by atoms with E-state index in [0.717, 1.165) is 38.5 Å². The van der Waals surface area contributed by atoms with E-state index in [1.165, 1.54) is 0 Å². The molecule has 1 saturated carbocycles. The average Bonchev–Trinajstić information content (AvgIpc) is 3.22. The van der Waals surface area contributed by atoms with Crippen molar-refractivity contribution in [1.29, 1.82) is 0 Å². The van der Waals surface area contributed by atoms with Crippen LogP contribution in [0.25, 0.3) is 0 Å². The lowest BCUT2D eigenvalue weighted by atomic mass is 9.89. The number of ether oxygens (including phenoxy) is 6. The van der Waals surface area contributed by atoms with Crippen LogP contribution in [0.3, 0.4) is 0 Å². The van der Waals surface area contributed by atoms with E-state index in [9.17, 15) is 9.90 Å². The lowest BCUT2D eigenvalue weighted by molar-refractivity contribution is -0.284. The molecule has 4 aliphatic rings. The van der Waals surface area contributed by atoms with Gasteiger partial charge in [-0.1, -0.05) is 38.2 Å². The van der Waals surface area contributed by atoms with Crippen molar-refractivity contribution in [2.45, 2.75) is 122 Å². The number of carboxylic acids is 1. The Labute approximate surface area is 239 Å². The molecular weight excluding hydrogens is 516 g/mol. The van der Waals surface area contributed by atoms with Crippen LogP contribution in [0.1, 0.15) is 84.5 Å². The van der Waals surface area contributed by atoms with Crippen LogP contribution in [0, 0.1) is 17.3 Å². The zero-order chi connectivity index (χ0) is 28.4. The summed E-state index contributed by atoms with van der Waals surface area (Å²) in [6, 6.07) is 0. The molecule has 9 heteroatoms. The van der Waals surface area contributed by atoms with Crippen molar-refractivity contribution in [3.8, 4) is 0 Å². The first-order chi connectivity index (χ1) is 19.3. The van der Waals surface area contributed by atoms with Gasteiger partial charge in [0.1, 0.15) is 6.10 Å². The van der Waals surface area contributed by atoms with E-state index in [2.05, 4.69) is 26.0 Å². The van der Waals surface area contributed by atoms with Gasteiger partial charge in [0.2, 0.25) is 0 Å². The van der Waals surface area contributed by atoms with E-state index in [0.29, 0.717) is 52.1 Å². The highest BCUT2D eigenvalue weighted by Gasteiger charge is 2.43. The van der Waals surface area contributed by atoms with Crippen molar-refractivity contribution >= 4 is 5.97 Å². The largest absolute Gasteiger partial charge is 0.481 e. The molecule has 0 radical (unpaired) electrons. The summed E-state index contributed by atoms with van der Waals surface area (Å²) in [7, 11) is 0. The van der Waals surface area contributed by atoms with Crippen LogP contribution in [0.2, 0.25) is 0 Å². The summed E-state index contributed by atoms with van der Waals surface area (Å²) < 4.78 is 36.8. The number of allylic oxidation sites excluding steroid dienone is 2. The zero-order valence-electron chi connectivity index (χ0n) is 24.3. The Hall–Kier alpha value is -1.33. The summed E-state index contributed by atoms with van der Waals surface area (Å²) in [5.74, 6) is -0.874. The van der Waals surface area contributed by atoms with Gasteiger partial charge >= 0.3 is 5.97 Å². The van der Waals surface area contributed by atoms with Crippen LogP contribution in [-0.4, -0.2) is 79.8 Å². The molecule has 4 rings (SSSR count). The normalized spacial score (nSPS) is 34.5. The van der Waals surface area contributed by atoms with Gasteiger partial charge in [-0.2, -0.15) is 0 Å². The van der Waals surface area contributed by atoms with Gasteiger partial charge in [0.05, 0.1) is 25.4 Å². The third kappa shape index (κ3) is 9.89. The van der Waals surface area contributed by atoms with Crippen molar-refractivity contribution in [3.05, 3.63) is 24.3 Å². The second kappa shape index (κ2) is 15.8. The molecule has 1 aliphatic carbocycles. The Balaban J connectivity index is 1.47. The minimum atomic E-state index is -0.778. The molecule has 0 spiro atoms. The number of hydrogen-bond donors (Lipinski definition) is 2. The predicted molar refractivity (Wildman–Crippen MR) is 148 cm³/mol. The molecule has 4 fully saturated rings. The van der Waals surface area contributed by atoms with Gasteiger partial charge in [-0.15, -0.1) is 0 Å². The first-order valence-electron chi connectivity index (χ1n) is 15.3. The molecule has 40 heavy (non-hydrogen) atoms. The van der Waals surface area contributed by atoms with Gasteiger partial charge in [0, 0.05) is 37.4 Å². The molecule has 7 atom stereocenters. The summed E-state index contributed by atoms with van der Waals surface area (Å²) in [4.78, 5) is 10.8. The van der Waals surface area contributed by atoms with Gasteiger partial charge in [0.25, 0.3) is 0 Å². The smallest absolute Gasteiger partial charge is 0.303 e. The number of aliphatic carboxylic acids is 1. The van der Waals surface area contributed by atoms with Crippen LogP contribution < -0.4 is 0 Å². The van der Waals surface area contributed by atoms with Gasteiger partial charge in [-0.25, -0.2) is 0 Å². The van der Waals surface area contributed by atoms with E-state index in [4.69, 9.17) is 33.5 Å². The number of aliphatic hydroxyl groups excluding tert-OH is 1. The third-order valence-corrected chi connectivity index (χ3v) is 8.21. The molecule has 0 aromatic heterocycles. The molecule has 9 nitrogen and oxygen atoms in total. The molecule has 228 valence electrons. The van der Waals surface area contributed by atoms with Gasteiger partial charge in [0.15, 0.2) is 18.9 Å². The molecule has 2 N–H and O–H groups in total. The molecule has 3 heterocycles. The molecule has 0 aromatic rings. The fraction of sp³-hybridized carbons (Fsp3) is 0.839. The summed E-state index contributed by atoms with van der Waals surface area (Å²) >= 11 is 0. The SMILES string of the molecule is CC1(C)COC([C@@H](/C=C/[C@@H]2[C@@H](C/C=C\CCCC(=O)O)[C@@H](O)C[C@H]2OC2CCCCO2)OC2CCCCO2)OC1. The summed E-state index contributed by atoms with van der Waals surface area (Å²) in [5.41, 5.74) is -0.0531. The van der Waals surface area contributed by atoms with Crippen LogP contribution in [0.5, 0.6) is 0 Å². The van der Waals surface area contributed by atoms with E-state index in [-0.39, 0.29) is 42.4 Å². The van der Waals surface area contributed by atoms with E-state index >= 15 is 0 Å². The monoisotopic (exact) mass is 566 g/mol. The molecule has 2 unspecified atom stereocenters. The second-order valence-corrected chi connectivity index (χ2v) is 12.4. The van der Waals surface area contributed by atoms with Crippen molar-refractivity contribution in [2.75, 3.05) is 26.4 Å². The fourth-order valence-corrected chi connectivity index (χ4v) is 5.91. The number of carbonyl (C=O) groups is 1. The van der Waals surface area contributed by atoms with Crippen LogP contribution in [0.15, 0.2) is 24.3 Å². The lowest BCUT2D eigenvalue weighted by Gasteiger charge is -2.38. The Kier molecular flexibility index (Phi) is 12.5. The standard InChI is InChI=1S/C31H50O9/c1-31(2)20-37-30(38-21-31)25(39-28-13-7-9-17-35-28)16-15-23-22(11-5-3-4-6-12-27(33)34)24(32)19-26(23)40-29-14-8-10-18-36-29/h3,5,15-16,22-26,28-30,32H,4,6-14,17-21H2,1-2H3,(H,33,34)/b5-3-,16-15+/t22-,23-,24+,25-,26-,28?,29?/m1/s1. The van der Waals surface area contributed by atoms with Gasteiger partial charge in [-0.05, 0) is 63.7 Å². The number of aliphatic hydroxyl groups is 1. The summed E-state index contributed by atoms with van der Waals surface area (Å²) in [5, 5.41) is 20.0. The van der Waals surface area contributed by atoms with E-state index < -0.39 is 24.5 Å². The summed E-state index contributed by atoms with van der Waals surface area (Å²) in [6.07, 6.45) is 14.6. The molecular formula is C31H50O9. The second-order valence-electron chi connectivity index (χ2n) is 12.4. The quantitative estimate of drug-likeness (QED) is 0.236. The third-order valence-electron chi connectivity index (χ3n) is 8.21. The Morgan fingerprint density at radius 2 is 1.70 bits per heavy atom. The van der Waals surface area contributed by atoms with Crippen LogP contribution in [0.4, 0.5) is 0 Å². The van der Waals surface area contributed by atoms with Gasteiger partial charge in [-0.3, -0.25) is 4.79 Å². The predicted octanol–water partition coefficient (Wildman–Crippen LogP) is 4.96. The molecule has 0 aromatic carbocycles. The Bertz CT molecular complexity index is 806. The van der Waals surface area contributed by atoms with Gasteiger partial charge < -0.3 is 38.6 Å². The molecule has 0 amide bonds. The van der Waals surface area contributed by atoms with Crippen molar-refractivity contribution in [3.63, 3.8) is 0 Å². The van der Waals surface area contributed by atoms with Crippen molar-refractivity contribution in [2.24, 2.45) is 17.3 Å². The number of hydrogen-bond acceptors (Lipinski definition) is 8. The maximum Gasteiger partial charge on any atom is 0.303 e. The minimum Gasteiger partial charge on any atom is -0.481 e. The zero-order valence-corrected chi connectivity index (χ0v) is 24.3. The number of rotatable bonds is 13. The topological polar surface area (TPSA) is 113 Å². The Morgan fingerprint density at radius 1 is 1.00 bits per heavy atom. The van der Waals surface area contributed by atoms with Crippen LogP contribution in [-0.2, 0) is 33.2 Å². The van der Waals surface area contributed by atoms with E-state index in [1.54, 1.807) is 0 Å². The van der Waals surface area contributed by atoms with Crippen molar-refractivity contribution < 1.29 is 43.4 Å². The highest BCUT2D eigenvalue weighted by molar-refractivity contribution is 5.66. The maximum atomic E-state index is 11.1. The highest BCUT2D eigenvalue weighted by atomic mass is 16.7. The number of unbranched alkanes of at least 4 members (excludes halogenated alkanes) is 1. The Morgan fingerprint density at radius 3 is 2.35 bits per heavy atom. The minimum absolute atomic E-state index is 0.0423. The number of carboxylic acid groups (broad SMARTS) is 1. The average molecular weight is 567 g/mol. The first kappa shape index (κ1) is 31.6. The lowest BCUT2D eigenvalue weighted by Crippen LogP contribution is -2.45. The van der Waals surface area contributed by atoms with Crippen molar-refractivity contribution in [1.82, 2.24) is 0 Å². The fourth-order valence-electron chi connectivity index (χ4n) is 5.91. The molecule has 3 aliphatic heterocycles.